The predicted octanol–water partition coefficient (Wildman–Crippen LogP) is 2.35. The summed E-state index contributed by atoms with van der Waals surface area (Å²) >= 11 is 0. The SMILES string of the molecule is NCC(Cc1cccc(F)c1)C(=O)N1CCCCCC1. The van der Waals surface area contributed by atoms with E-state index < -0.39 is 0 Å². The van der Waals surface area contributed by atoms with Crippen LogP contribution >= 0.6 is 0 Å². The topological polar surface area (TPSA) is 46.3 Å². The molecule has 1 amide bonds. The first-order valence-electron chi connectivity index (χ1n) is 7.44. The van der Waals surface area contributed by atoms with E-state index in [9.17, 15) is 9.18 Å². The minimum Gasteiger partial charge on any atom is -0.342 e. The monoisotopic (exact) mass is 278 g/mol. The lowest BCUT2D eigenvalue weighted by molar-refractivity contribution is -0.135. The molecular formula is C16H23FN2O. The summed E-state index contributed by atoms with van der Waals surface area (Å²) in [5.74, 6) is -0.381. The van der Waals surface area contributed by atoms with Gasteiger partial charge in [-0.25, -0.2) is 4.39 Å². The number of carbonyl (C=O) groups excluding carboxylic acids is 1. The summed E-state index contributed by atoms with van der Waals surface area (Å²) in [5.41, 5.74) is 6.60. The van der Waals surface area contributed by atoms with Crippen LogP contribution < -0.4 is 5.73 Å². The van der Waals surface area contributed by atoms with E-state index in [1.165, 1.54) is 25.0 Å². The van der Waals surface area contributed by atoms with Gasteiger partial charge in [0.15, 0.2) is 0 Å². The molecule has 1 aromatic carbocycles. The zero-order valence-corrected chi connectivity index (χ0v) is 11.9. The van der Waals surface area contributed by atoms with Gasteiger partial charge in [0, 0.05) is 19.6 Å². The van der Waals surface area contributed by atoms with Gasteiger partial charge < -0.3 is 10.6 Å². The van der Waals surface area contributed by atoms with Crippen molar-refractivity contribution in [3.05, 3.63) is 35.6 Å². The van der Waals surface area contributed by atoms with Crippen molar-refractivity contribution in [1.29, 1.82) is 0 Å². The minimum atomic E-state index is -0.263. The van der Waals surface area contributed by atoms with Gasteiger partial charge in [-0.15, -0.1) is 0 Å². The van der Waals surface area contributed by atoms with E-state index in [4.69, 9.17) is 5.73 Å². The fourth-order valence-corrected chi connectivity index (χ4v) is 2.77. The van der Waals surface area contributed by atoms with E-state index in [-0.39, 0.29) is 17.6 Å². The Hall–Kier alpha value is -1.42. The fraction of sp³-hybridized carbons (Fsp3) is 0.562. The Kier molecular flexibility index (Phi) is 5.53. The number of carbonyl (C=O) groups is 1. The van der Waals surface area contributed by atoms with Crippen LogP contribution in [0.15, 0.2) is 24.3 Å². The third kappa shape index (κ3) is 4.04. The lowest BCUT2D eigenvalue weighted by Crippen LogP contribution is -2.40. The number of nitrogens with two attached hydrogens (primary N) is 1. The number of amides is 1. The summed E-state index contributed by atoms with van der Waals surface area (Å²) in [4.78, 5) is 14.5. The van der Waals surface area contributed by atoms with Gasteiger partial charge >= 0.3 is 0 Å². The Morgan fingerprint density at radius 3 is 2.55 bits per heavy atom. The van der Waals surface area contributed by atoms with Crippen LogP contribution in [0.2, 0.25) is 0 Å². The molecule has 1 saturated heterocycles. The summed E-state index contributed by atoms with van der Waals surface area (Å²) in [6.07, 6.45) is 5.05. The molecule has 1 fully saturated rings. The second-order valence-electron chi connectivity index (χ2n) is 5.51. The lowest BCUT2D eigenvalue weighted by atomic mass is 9.97. The van der Waals surface area contributed by atoms with Crippen LogP contribution in [0.4, 0.5) is 4.39 Å². The Morgan fingerprint density at radius 2 is 1.95 bits per heavy atom. The highest BCUT2D eigenvalue weighted by Crippen LogP contribution is 2.16. The first-order valence-corrected chi connectivity index (χ1v) is 7.44. The Balaban J connectivity index is 2.01. The summed E-state index contributed by atoms with van der Waals surface area (Å²) in [7, 11) is 0. The van der Waals surface area contributed by atoms with Crippen LogP contribution in [0, 0.1) is 11.7 Å². The van der Waals surface area contributed by atoms with Crippen molar-refractivity contribution >= 4 is 5.91 Å². The van der Waals surface area contributed by atoms with Gasteiger partial charge in [0.25, 0.3) is 0 Å². The molecule has 3 nitrogen and oxygen atoms in total. The van der Waals surface area contributed by atoms with Crippen molar-refractivity contribution in [3.63, 3.8) is 0 Å². The van der Waals surface area contributed by atoms with Gasteiger partial charge in [0.05, 0.1) is 5.92 Å². The fourth-order valence-electron chi connectivity index (χ4n) is 2.77. The highest BCUT2D eigenvalue weighted by atomic mass is 19.1. The molecule has 1 atom stereocenters. The average molecular weight is 278 g/mol. The maximum atomic E-state index is 13.2. The molecule has 1 aliphatic heterocycles. The van der Waals surface area contributed by atoms with E-state index in [0.717, 1.165) is 31.5 Å². The van der Waals surface area contributed by atoms with E-state index >= 15 is 0 Å². The molecule has 0 aromatic heterocycles. The zero-order valence-electron chi connectivity index (χ0n) is 11.9. The third-order valence-corrected chi connectivity index (χ3v) is 3.92. The van der Waals surface area contributed by atoms with Crippen LogP contribution in [0.1, 0.15) is 31.2 Å². The van der Waals surface area contributed by atoms with Gasteiger partial charge in [-0.1, -0.05) is 25.0 Å². The van der Waals surface area contributed by atoms with Gasteiger partial charge in [-0.3, -0.25) is 4.79 Å². The largest absolute Gasteiger partial charge is 0.342 e. The molecule has 2 rings (SSSR count). The second-order valence-corrected chi connectivity index (χ2v) is 5.51. The van der Waals surface area contributed by atoms with Crippen LogP contribution in [0.3, 0.4) is 0 Å². The Labute approximate surface area is 120 Å². The highest BCUT2D eigenvalue weighted by Gasteiger charge is 2.24. The summed E-state index contributed by atoms with van der Waals surface area (Å²) < 4.78 is 13.2. The molecule has 110 valence electrons. The molecular weight excluding hydrogens is 255 g/mol. The van der Waals surface area contributed by atoms with E-state index in [0.29, 0.717) is 13.0 Å². The quantitative estimate of drug-likeness (QED) is 0.919. The highest BCUT2D eigenvalue weighted by molar-refractivity contribution is 5.79. The van der Waals surface area contributed by atoms with Crippen molar-refractivity contribution < 1.29 is 9.18 Å². The van der Waals surface area contributed by atoms with Crippen molar-refractivity contribution in [2.45, 2.75) is 32.1 Å². The number of hydrogen-bond acceptors (Lipinski definition) is 2. The zero-order chi connectivity index (χ0) is 14.4. The van der Waals surface area contributed by atoms with Crippen molar-refractivity contribution in [2.75, 3.05) is 19.6 Å². The summed E-state index contributed by atoms with van der Waals surface area (Å²) in [6, 6.07) is 6.42. The van der Waals surface area contributed by atoms with Crippen LogP contribution in [-0.2, 0) is 11.2 Å². The van der Waals surface area contributed by atoms with E-state index in [2.05, 4.69) is 0 Å². The van der Waals surface area contributed by atoms with Crippen LogP contribution in [0.5, 0.6) is 0 Å². The maximum absolute atomic E-state index is 13.2. The van der Waals surface area contributed by atoms with Gasteiger partial charge in [0.2, 0.25) is 5.91 Å². The Bertz CT molecular complexity index is 442. The van der Waals surface area contributed by atoms with Crippen molar-refractivity contribution in [1.82, 2.24) is 4.90 Å². The molecule has 0 spiro atoms. The first kappa shape index (κ1) is 15.0. The number of benzene rings is 1. The molecule has 1 aromatic rings. The Morgan fingerprint density at radius 1 is 1.25 bits per heavy atom. The summed E-state index contributed by atoms with van der Waals surface area (Å²) in [6.45, 7) is 1.98. The molecule has 0 bridgehead atoms. The van der Waals surface area contributed by atoms with Gasteiger partial charge in [-0.2, -0.15) is 0 Å². The van der Waals surface area contributed by atoms with Crippen molar-refractivity contribution in [3.8, 4) is 0 Å². The average Bonchev–Trinajstić information content (AvgIpc) is 2.73. The van der Waals surface area contributed by atoms with E-state index in [1.54, 1.807) is 6.07 Å². The molecule has 0 saturated carbocycles. The van der Waals surface area contributed by atoms with E-state index in [1.807, 2.05) is 11.0 Å². The number of likely N-dealkylation sites (tertiary alicyclic amines) is 1. The van der Waals surface area contributed by atoms with Gasteiger partial charge in [-0.05, 0) is 37.0 Å². The molecule has 1 heterocycles. The second kappa shape index (κ2) is 7.39. The molecule has 1 unspecified atom stereocenters. The smallest absolute Gasteiger partial charge is 0.227 e. The minimum absolute atomic E-state index is 0.124. The van der Waals surface area contributed by atoms with Crippen molar-refractivity contribution in [2.24, 2.45) is 11.7 Å². The lowest BCUT2D eigenvalue weighted by Gasteiger charge is -2.25. The molecule has 1 aliphatic rings. The molecule has 2 N–H and O–H groups in total. The third-order valence-electron chi connectivity index (χ3n) is 3.92. The van der Waals surface area contributed by atoms with Gasteiger partial charge in [0.1, 0.15) is 5.82 Å². The van der Waals surface area contributed by atoms with Crippen LogP contribution in [-0.4, -0.2) is 30.4 Å². The molecule has 4 heteroatoms. The molecule has 20 heavy (non-hydrogen) atoms. The summed E-state index contributed by atoms with van der Waals surface area (Å²) in [5, 5.41) is 0. The number of nitrogens with zero attached hydrogens (tertiary/aromatic N) is 1. The maximum Gasteiger partial charge on any atom is 0.227 e. The standard InChI is InChI=1S/C16H23FN2O/c17-15-7-5-6-13(11-15)10-14(12-18)16(20)19-8-3-1-2-4-9-19/h5-7,11,14H,1-4,8-10,12,18H2. The number of halogens is 1. The normalized spacial score (nSPS) is 17.6. The predicted molar refractivity (Wildman–Crippen MR) is 77.7 cm³/mol. The number of rotatable bonds is 4. The number of hydrogen-bond donors (Lipinski definition) is 1. The first-order chi connectivity index (χ1) is 9.70. The molecule has 0 radical (unpaired) electrons. The van der Waals surface area contributed by atoms with Crippen LogP contribution in [0.25, 0.3) is 0 Å². The molecule has 0 aliphatic carbocycles.